The lowest BCUT2D eigenvalue weighted by atomic mass is 10.1. The Balaban J connectivity index is 1.69. The van der Waals surface area contributed by atoms with Gasteiger partial charge >= 0.3 is 5.97 Å². The van der Waals surface area contributed by atoms with Crippen molar-refractivity contribution in [2.24, 2.45) is 0 Å². The molecule has 0 aromatic heterocycles. The monoisotopic (exact) mass is 528 g/mol. The van der Waals surface area contributed by atoms with E-state index >= 15 is 0 Å². The molecule has 9 heteroatoms. The number of halogens is 2. The molecule has 1 aromatic carbocycles. The summed E-state index contributed by atoms with van der Waals surface area (Å²) >= 11 is 12.0. The van der Waals surface area contributed by atoms with Crippen LogP contribution in [-0.4, -0.2) is 55.0 Å². The number of nitrogens with zero attached hydrogens (tertiary/aromatic N) is 1. The molecule has 0 saturated carbocycles. The van der Waals surface area contributed by atoms with Crippen LogP contribution < -0.4 is 10.1 Å². The largest absolute Gasteiger partial charge is 0.492 e. The number of unbranched alkanes of at least 4 members (excludes halogenated alkanes) is 7. The van der Waals surface area contributed by atoms with Gasteiger partial charge in [-0.2, -0.15) is 0 Å². The maximum Gasteiger partial charge on any atom is 0.308 e. The quantitative estimate of drug-likeness (QED) is 0.224. The Morgan fingerprint density at radius 1 is 1.03 bits per heavy atom. The van der Waals surface area contributed by atoms with Gasteiger partial charge in [-0.3, -0.25) is 14.4 Å². The Morgan fingerprint density at radius 3 is 2.46 bits per heavy atom. The van der Waals surface area contributed by atoms with Crippen LogP contribution in [0.2, 0.25) is 10.0 Å². The highest BCUT2D eigenvalue weighted by atomic mass is 35.5. The topological polar surface area (TPSA) is 84.9 Å². The van der Waals surface area contributed by atoms with Crippen LogP contribution in [0.15, 0.2) is 18.2 Å². The van der Waals surface area contributed by atoms with Crippen LogP contribution in [0.4, 0.5) is 0 Å². The Labute approximate surface area is 218 Å². The van der Waals surface area contributed by atoms with E-state index in [9.17, 15) is 14.4 Å². The number of esters is 1. The fourth-order valence-corrected chi connectivity index (χ4v) is 4.46. The first-order chi connectivity index (χ1) is 16.9. The van der Waals surface area contributed by atoms with E-state index in [4.69, 9.17) is 32.7 Å². The molecule has 1 unspecified atom stereocenters. The van der Waals surface area contributed by atoms with Crippen molar-refractivity contribution >= 4 is 41.0 Å². The predicted octanol–water partition coefficient (Wildman–Crippen LogP) is 5.55. The third-order valence-corrected chi connectivity index (χ3v) is 6.49. The summed E-state index contributed by atoms with van der Waals surface area (Å²) in [6, 6.07) is 4.11. The van der Waals surface area contributed by atoms with E-state index < -0.39 is 12.0 Å². The first-order valence-electron chi connectivity index (χ1n) is 12.7. The molecule has 1 aliphatic rings. The number of benzene rings is 1. The van der Waals surface area contributed by atoms with Gasteiger partial charge in [0.15, 0.2) is 0 Å². The highest BCUT2D eigenvalue weighted by Gasteiger charge is 2.34. The van der Waals surface area contributed by atoms with E-state index in [2.05, 4.69) is 12.2 Å². The minimum atomic E-state index is -0.839. The first-order valence-corrected chi connectivity index (χ1v) is 13.5. The molecule has 1 atom stereocenters. The van der Waals surface area contributed by atoms with Gasteiger partial charge < -0.3 is 19.7 Å². The maximum absolute atomic E-state index is 12.8. The van der Waals surface area contributed by atoms with Crippen LogP contribution in [-0.2, 0) is 19.1 Å². The zero-order valence-electron chi connectivity index (χ0n) is 20.7. The molecular weight excluding hydrogens is 491 g/mol. The summed E-state index contributed by atoms with van der Waals surface area (Å²) in [5.74, 6) is -0.462. The molecule has 1 aliphatic heterocycles. The molecule has 7 nitrogen and oxygen atoms in total. The molecule has 2 rings (SSSR count). The molecular formula is C26H38Cl2N2O5. The van der Waals surface area contributed by atoms with Crippen LogP contribution in [0.5, 0.6) is 5.75 Å². The summed E-state index contributed by atoms with van der Waals surface area (Å²) < 4.78 is 11.0. The van der Waals surface area contributed by atoms with Crippen molar-refractivity contribution < 1.29 is 23.9 Å². The number of carbonyl (C=O) groups is 3. The van der Waals surface area contributed by atoms with Crippen LogP contribution in [0.1, 0.15) is 77.6 Å². The molecule has 0 bridgehead atoms. The van der Waals surface area contributed by atoms with E-state index in [-0.39, 0.29) is 24.7 Å². The Bertz CT molecular complexity index is 821. The second-order valence-corrected chi connectivity index (χ2v) is 9.66. The molecule has 1 N–H and O–H groups in total. The SMILES string of the molecule is CCCCCCCCCCOC(=O)CC1C(=O)NCCN1C(=O)CCCOc1ccc(Cl)cc1Cl. The molecule has 1 fully saturated rings. The number of nitrogens with one attached hydrogen (secondary N) is 1. The Hall–Kier alpha value is -1.99. The molecule has 1 saturated heterocycles. The van der Waals surface area contributed by atoms with Crippen LogP contribution in [0, 0.1) is 0 Å². The summed E-state index contributed by atoms with van der Waals surface area (Å²) in [4.78, 5) is 39.0. The number of amides is 2. The molecule has 0 aliphatic carbocycles. The van der Waals surface area contributed by atoms with Crippen molar-refractivity contribution in [2.75, 3.05) is 26.3 Å². The smallest absolute Gasteiger partial charge is 0.308 e. The lowest BCUT2D eigenvalue weighted by Gasteiger charge is -2.34. The molecule has 1 heterocycles. The lowest BCUT2D eigenvalue weighted by molar-refractivity contribution is -0.152. The second kappa shape index (κ2) is 16.6. The Morgan fingerprint density at radius 2 is 1.74 bits per heavy atom. The van der Waals surface area contributed by atoms with Crippen LogP contribution in [0.25, 0.3) is 0 Å². The van der Waals surface area contributed by atoms with Gasteiger partial charge in [-0.05, 0) is 31.0 Å². The van der Waals surface area contributed by atoms with Gasteiger partial charge in [-0.25, -0.2) is 0 Å². The van der Waals surface area contributed by atoms with Crippen molar-refractivity contribution in [3.8, 4) is 5.75 Å². The highest BCUT2D eigenvalue weighted by Crippen LogP contribution is 2.27. The normalized spacial score (nSPS) is 15.6. The van der Waals surface area contributed by atoms with Gasteiger partial charge in [0, 0.05) is 24.5 Å². The Kier molecular flexibility index (Phi) is 13.9. The molecule has 0 spiro atoms. The van der Waals surface area contributed by atoms with Crippen molar-refractivity contribution in [3.05, 3.63) is 28.2 Å². The number of hydrogen-bond acceptors (Lipinski definition) is 5. The number of hydrogen-bond donors (Lipinski definition) is 1. The van der Waals surface area contributed by atoms with Gasteiger partial charge in [0.1, 0.15) is 11.8 Å². The zero-order chi connectivity index (χ0) is 25.5. The fraction of sp³-hybridized carbons (Fsp3) is 0.654. The number of piperazine rings is 1. The molecule has 2 amide bonds. The third-order valence-electron chi connectivity index (χ3n) is 5.96. The van der Waals surface area contributed by atoms with Crippen LogP contribution in [0.3, 0.4) is 0 Å². The van der Waals surface area contributed by atoms with Gasteiger partial charge in [0.25, 0.3) is 0 Å². The van der Waals surface area contributed by atoms with Crippen molar-refractivity contribution in [3.63, 3.8) is 0 Å². The van der Waals surface area contributed by atoms with E-state index in [1.807, 2.05) is 0 Å². The van der Waals surface area contributed by atoms with E-state index in [0.717, 1.165) is 19.3 Å². The maximum atomic E-state index is 12.8. The zero-order valence-corrected chi connectivity index (χ0v) is 22.2. The van der Waals surface area contributed by atoms with Crippen molar-refractivity contribution in [1.29, 1.82) is 0 Å². The summed E-state index contributed by atoms with van der Waals surface area (Å²) in [7, 11) is 0. The van der Waals surface area contributed by atoms with Gasteiger partial charge in [0.05, 0.1) is 24.7 Å². The highest BCUT2D eigenvalue weighted by molar-refractivity contribution is 6.35. The summed E-state index contributed by atoms with van der Waals surface area (Å²) in [6.45, 7) is 3.57. The van der Waals surface area contributed by atoms with E-state index in [1.165, 1.54) is 37.0 Å². The van der Waals surface area contributed by atoms with Gasteiger partial charge in [-0.15, -0.1) is 0 Å². The minimum Gasteiger partial charge on any atom is -0.492 e. The molecule has 35 heavy (non-hydrogen) atoms. The van der Waals surface area contributed by atoms with Crippen LogP contribution >= 0.6 is 23.2 Å². The average molecular weight is 530 g/mol. The first kappa shape index (κ1) is 29.2. The summed E-state index contributed by atoms with van der Waals surface area (Å²) in [5, 5.41) is 3.66. The number of rotatable bonds is 16. The predicted molar refractivity (Wildman–Crippen MR) is 138 cm³/mol. The summed E-state index contributed by atoms with van der Waals surface area (Å²) in [6.07, 6.45) is 9.79. The third kappa shape index (κ3) is 11.1. The summed E-state index contributed by atoms with van der Waals surface area (Å²) in [5.41, 5.74) is 0. The van der Waals surface area contributed by atoms with Crippen molar-refractivity contribution in [1.82, 2.24) is 10.2 Å². The standard InChI is InChI=1S/C26H38Cl2N2O5/c1-2-3-4-5-6-7-8-9-16-35-25(32)19-22-26(33)29-14-15-30(22)24(31)11-10-17-34-23-13-12-20(27)18-21(23)28/h12-13,18,22H,2-11,14-17,19H2,1H3,(H,29,33). The minimum absolute atomic E-state index is 0.133. The lowest BCUT2D eigenvalue weighted by Crippen LogP contribution is -2.57. The number of carbonyl (C=O) groups excluding carboxylic acids is 3. The number of ether oxygens (including phenoxy) is 2. The van der Waals surface area contributed by atoms with Gasteiger partial charge in [0.2, 0.25) is 11.8 Å². The van der Waals surface area contributed by atoms with E-state index in [1.54, 1.807) is 18.2 Å². The molecule has 196 valence electrons. The average Bonchev–Trinajstić information content (AvgIpc) is 2.83. The molecule has 1 aromatic rings. The van der Waals surface area contributed by atoms with Crippen molar-refractivity contribution in [2.45, 2.75) is 83.6 Å². The van der Waals surface area contributed by atoms with Gasteiger partial charge in [-0.1, -0.05) is 75.1 Å². The van der Waals surface area contributed by atoms with E-state index in [0.29, 0.717) is 48.5 Å². The second-order valence-electron chi connectivity index (χ2n) is 8.82. The molecule has 0 radical (unpaired) electrons. The fourth-order valence-electron chi connectivity index (χ4n) is 4.00.